The molecule has 0 aliphatic heterocycles. The fourth-order valence-electron chi connectivity index (χ4n) is 5.01. The molecule has 4 aromatic rings. The maximum atomic E-state index is 12.9. The molecule has 0 saturated heterocycles. The number of aromatic nitrogens is 4. The molecule has 2 heterocycles. The predicted molar refractivity (Wildman–Crippen MR) is 152 cm³/mol. The first-order valence-electron chi connectivity index (χ1n) is 13.5. The van der Waals surface area contributed by atoms with Gasteiger partial charge < -0.3 is 18.9 Å². The van der Waals surface area contributed by atoms with Gasteiger partial charge >= 0.3 is 23.9 Å². The van der Waals surface area contributed by atoms with Crippen LogP contribution >= 0.6 is 0 Å². The highest BCUT2D eigenvalue weighted by Crippen LogP contribution is 2.37. The second-order valence-electron chi connectivity index (χ2n) is 9.83. The highest BCUT2D eigenvalue weighted by atomic mass is 16.6. The second-order valence-corrected chi connectivity index (χ2v) is 9.83. The van der Waals surface area contributed by atoms with Gasteiger partial charge in [-0.1, -0.05) is 24.3 Å². The Bertz CT molecular complexity index is 1660. The van der Waals surface area contributed by atoms with E-state index in [1.165, 1.54) is 13.8 Å². The van der Waals surface area contributed by atoms with Gasteiger partial charge in [0.2, 0.25) is 24.0 Å². The molecule has 0 radical (unpaired) electrons. The largest absolute Gasteiger partial charge is 0.454 e. The minimum atomic E-state index is -1.78. The lowest BCUT2D eigenvalue weighted by atomic mass is 10.00. The lowest BCUT2D eigenvalue weighted by molar-refractivity contribution is -0.201. The van der Waals surface area contributed by atoms with Crippen LogP contribution in [0.4, 0.5) is 0 Å². The molecule has 0 amide bonds. The van der Waals surface area contributed by atoms with Gasteiger partial charge in [0.05, 0.1) is 22.1 Å². The monoisotopic (exact) mass is 606 g/mol. The molecule has 0 bridgehead atoms. The second kappa shape index (κ2) is 12.9. The van der Waals surface area contributed by atoms with Gasteiger partial charge in [-0.05, 0) is 24.3 Å². The van der Waals surface area contributed by atoms with Crippen molar-refractivity contribution in [3.05, 3.63) is 60.2 Å². The smallest absolute Gasteiger partial charge is 0.303 e. The Morgan fingerprint density at radius 2 is 0.841 bits per heavy atom. The van der Waals surface area contributed by atoms with Crippen LogP contribution < -0.4 is 0 Å². The van der Waals surface area contributed by atoms with Gasteiger partial charge in [-0.25, -0.2) is 9.97 Å². The summed E-state index contributed by atoms with van der Waals surface area (Å²) in [5.41, 5.74) is 1.39. The normalized spacial score (nSPS) is 13.9. The summed E-state index contributed by atoms with van der Waals surface area (Å²) in [7, 11) is 0. The van der Waals surface area contributed by atoms with Crippen LogP contribution in [0.15, 0.2) is 48.5 Å². The van der Waals surface area contributed by atoms with Crippen molar-refractivity contribution in [3.63, 3.8) is 0 Å². The zero-order chi connectivity index (χ0) is 32.3. The summed E-state index contributed by atoms with van der Waals surface area (Å²) < 4.78 is 24.9. The van der Waals surface area contributed by atoms with Crippen molar-refractivity contribution < 1.29 is 47.7 Å². The van der Waals surface area contributed by atoms with E-state index in [0.717, 1.165) is 36.8 Å². The number of nitrogens with zero attached hydrogens (tertiary/aromatic N) is 4. The molecule has 4 rings (SSSR count). The number of ether oxygens (including phenoxy) is 4. The third-order valence-electron chi connectivity index (χ3n) is 6.42. The van der Waals surface area contributed by atoms with Gasteiger partial charge in [-0.15, -0.1) is 0 Å². The molecular formula is C30H30N4O10. The Hall–Kier alpha value is -5.40. The standard InChI is InChI=1S/C30H30N4O10/c1-15(35)33-23-13-9-7-11-21(23)31-29(33)27(43-19(5)39)25(41-17(3)37)26(42-18(4)38)28(44-20(6)40)30-32-22-12-8-10-14-24(22)34(30)16(2)36/h7-14,25-28H,1-6H3/t25-,26+,27-,28-/m0/s1. The van der Waals surface area contributed by atoms with Crippen LogP contribution in [0, 0.1) is 0 Å². The summed E-state index contributed by atoms with van der Waals surface area (Å²) in [4.78, 5) is 85.0. The molecular weight excluding hydrogens is 576 g/mol. The number of carbonyl (C=O) groups excluding carboxylic acids is 6. The topological polar surface area (TPSA) is 175 Å². The molecule has 44 heavy (non-hydrogen) atoms. The molecule has 0 saturated carbocycles. The summed E-state index contributed by atoms with van der Waals surface area (Å²) in [6, 6.07) is 13.1. The van der Waals surface area contributed by atoms with Crippen LogP contribution in [-0.2, 0) is 38.1 Å². The Labute approximate surface area is 250 Å². The van der Waals surface area contributed by atoms with Gasteiger partial charge in [-0.2, -0.15) is 0 Å². The van der Waals surface area contributed by atoms with Gasteiger partial charge in [0.1, 0.15) is 0 Å². The van der Waals surface area contributed by atoms with Crippen LogP contribution in [0.3, 0.4) is 0 Å². The Balaban J connectivity index is 2.04. The minimum Gasteiger partial charge on any atom is -0.454 e. The molecule has 230 valence electrons. The maximum absolute atomic E-state index is 12.9. The summed E-state index contributed by atoms with van der Waals surface area (Å²) in [6.45, 7) is 6.79. The zero-order valence-corrected chi connectivity index (χ0v) is 24.8. The molecule has 0 unspecified atom stereocenters. The van der Waals surface area contributed by atoms with Crippen LogP contribution in [0.2, 0.25) is 0 Å². The number of rotatable bonds is 9. The van der Waals surface area contributed by atoms with Crippen molar-refractivity contribution in [2.45, 2.75) is 66.0 Å². The quantitative estimate of drug-likeness (QED) is 0.201. The van der Waals surface area contributed by atoms with E-state index in [9.17, 15) is 28.8 Å². The van der Waals surface area contributed by atoms with E-state index in [0.29, 0.717) is 22.1 Å². The number of benzene rings is 2. The van der Waals surface area contributed by atoms with E-state index in [1.54, 1.807) is 48.5 Å². The van der Waals surface area contributed by atoms with Gasteiger partial charge in [-0.3, -0.25) is 37.9 Å². The predicted octanol–water partition coefficient (Wildman–Crippen LogP) is 3.48. The first kappa shape index (κ1) is 31.5. The summed E-state index contributed by atoms with van der Waals surface area (Å²) in [5.74, 6) is -4.92. The van der Waals surface area contributed by atoms with Crippen molar-refractivity contribution in [2.24, 2.45) is 0 Å². The molecule has 14 heteroatoms. The molecule has 0 spiro atoms. The number of carbonyl (C=O) groups is 6. The molecule has 4 atom stereocenters. The van der Waals surface area contributed by atoms with Gasteiger partial charge in [0.15, 0.2) is 23.9 Å². The van der Waals surface area contributed by atoms with Crippen molar-refractivity contribution in [2.75, 3.05) is 0 Å². The fraction of sp³-hybridized carbons (Fsp3) is 0.333. The number of hydrogen-bond acceptors (Lipinski definition) is 12. The Kier molecular flexibility index (Phi) is 9.21. The van der Waals surface area contributed by atoms with E-state index < -0.39 is 60.1 Å². The zero-order valence-electron chi connectivity index (χ0n) is 24.8. The van der Waals surface area contributed by atoms with E-state index in [-0.39, 0.29) is 11.6 Å². The molecule has 0 aliphatic carbocycles. The fourth-order valence-corrected chi connectivity index (χ4v) is 5.01. The third kappa shape index (κ3) is 6.48. The molecule has 2 aromatic heterocycles. The Morgan fingerprint density at radius 1 is 0.523 bits per heavy atom. The maximum Gasteiger partial charge on any atom is 0.303 e. The van der Waals surface area contributed by atoms with Gasteiger partial charge in [0.25, 0.3) is 0 Å². The number of fused-ring (bicyclic) bond motifs is 2. The van der Waals surface area contributed by atoms with E-state index in [4.69, 9.17) is 18.9 Å². The van der Waals surface area contributed by atoms with Crippen molar-refractivity contribution in [3.8, 4) is 0 Å². The highest BCUT2D eigenvalue weighted by molar-refractivity contribution is 5.91. The average molecular weight is 607 g/mol. The number of para-hydroxylation sites is 4. The van der Waals surface area contributed by atoms with Crippen LogP contribution in [0.5, 0.6) is 0 Å². The number of hydrogen-bond donors (Lipinski definition) is 0. The summed E-state index contributed by atoms with van der Waals surface area (Å²) in [6.07, 6.45) is -6.94. The van der Waals surface area contributed by atoms with Crippen LogP contribution in [0.1, 0.15) is 75.0 Å². The van der Waals surface area contributed by atoms with Crippen molar-refractivity contribution in [1.82, 2.24) is 19.1 Å². The number of esters is 4. The molecule has 0 aliphatic rings. The van der Waals surface area contributed by atoms with Crippen LogP contribution in [0.25, 0.3) is 22.1 Å². The van der Waals surface area contributed by atoms with E-state index in [2.05, 4.69) is 9.97 Å². The van der Waals surface area contributed by atoms with Crippen molar-refractivity contribution in [1.29, 1.82) is 0 Å². The van der Waals surface area contributed by atoms with Crippen molar-refractivity contribution >= 4 is 57.8 Å². The van der Waals surface area contributed by atoms with Crippen LogP contribution in [-0.4, -0.2) is 67.0 Å². The molecule has 2 aromatic carbocycles. The number of imidazole rings is 2. The SMILES string of the molecule is CC(=O)O[C@H]([C@H](OC(C)=O)[C@H](OC(C)=O)c1nc2ccccc2n1C(C)=O)[C@H](OC(C)=O)c1nc2ccccc2n1C(C)=O. The lowest BCUT2D eigenvalue weighted by Gasteiger charge is -2.35. The minimum absolute atomic E-state index is 0.168. The summed E-state index contributed by atoms with van der Waals surface area (Å²) >= 11 is 0. The highest BCUT2D eigenvalue weighted by Gasteiger charge is 2.48. The first-order chi connectivity index (χ1) is 20.8. The van der Waals surface area contributed by atoms with E-state index >= 15 is 0 Å². The molecule has 0 fully saturated rings. The molecule has 0 N–H and O–H groups in total. The summed E-state index contributed by atoms with van der Waals surface area (Å²) in [5, 5.41) is 0. The average Bonchev–Trinajstić information content (AvgIpc) is 3.51. The van der Waals surface area contributed by atoms with Gasteiger partial charge in [0, 0.05) is 41.5 Å². The molecule has 14 nitrogen and oxygen atoms in total. The first-order valence-corrected chi connectivity index (χ1v) is 13.5. The lowest BCUT2D eigenvalue weighted by Crippen LogP contribution is -2.46. The Morgan fingerprint density at radius 3 is 1.14 bits per heavy atom. The third-order valence-corrected chi connectivity index (χ3v) is 6.42. The van der Waals surface area contributed by atoms with E-state index in [1.807, 2.05) is 0 Å².